The van der Waals surface area contributed by atoms with Gasteiger partial charge in [-0.2, -0.15) is 0 Å². The number of carbonyl (C=O) groups is 1. The highest BCUT2D eigenvalue weighted by molar-refractivity contribution is 6.31. The Hall–Kier alpha value is -3.28. The van der Waals surface area contributed by atoms with E-state index in [1.165, 1.54) is 6.07 Å². The van der Waals surface area contributed by atoms with Gasteiger partial charge in [-0.15, -0.1) is 0 Å². The van der Waals surface area contributed by atoms with Crippen molar-refractivity contribution in [3.8, 4) is 17.1 Å². The lowest BCUT2D eigenvalue weighted by molar-refractivity contribution is -0.122. The Morgan fingerprint density at radius 3 is 2.31 bits per heavy atom. The highest BCUT2D eigenvalue weighted by atomic mass is 35.5. The molecule has 0 radical (unpaired) electrons. The normalized spacial score (nSPS) is 11.9. The molecule has 4 aromatic rings. The molecule has 0 aliphatic heterocycles. The minimum Gasteiger partial charge on any atom is -0.473 e. The van der Waals surface area contributed by atoms with Crippen molar-refractivity contribution in [1.29, 1.82) is 0 Å². The lowest BCUT2D eigenvalue weighted by Gasteiger charge is -2.17. The van der Waals surface area contributed by atoms with E-state index in [4.69, 9.17) is 32.4 Å². The fraction of sp³-hybridized carbons (Fsp3) is 0.120. The predicted molar refractivity (Wildman–Crippen MR) is 128 cm³/mol. The van der Waals surface area contributed by atoms with Crippen molar-refractivity contribution in [2.75, 3.05) is 5.32 Å². The van der Waals surface area contributed by atoms with Gasteiger partial charge in [-0.3, -0.25) is 9.59 Å². The predicted octanol–water partition coefficient (Wildman–Crippen LogP) is 6.48. The van der Waals surface area contributed by atoms with Crippen molar-refractivity contribution < 1.29 is 13.9 Å². The number of nitrogens with one attached hydrogen (secondary N) is 1. The number of aryl methyl sites for hydroxylation is 1. The first-order chi connectivity index (χ1) is 15.3. The summed E-state index contributed by atoms with van der Waals surface area (Å²) in [6, 6.07) is 19.0. The van der Waals surface area contributed by atoms with E-state index in [2.05, 4.69) is 5.32 Å². The van der Waals surface area contributed by atoms with E-state index in [-0.39, 0.29) is 16.9 Å². The molecule has 0 aliphatic carbocycles. The van der Waals surface area contributed by atoms with E-state index in [0.717, 1.165) is 5.56 Å². The first kappa shape index (κ1) is 21.9. The van der Waals surface area contributed by atoms with Gasteiger partial charge in [-0.25, -0.2) is 0 Å². The average Bonchev–Trinajstić information content (AvgIpc) is 2.78. The van der Waals surface area contributed by atoms with Crippen molar-refractivity contribution in [3.63, 3.8) is 0 Å². The fourth-order valence-electron chi connectivity index (χ4n) is 3.16. The quantitative estimate of drug-likeness (QED) is 0.364. The second kappa shape index (κ2) is 9.07. The van der Waals surface area contributed by atoms with Crippen molar-refractivity contribution >= 4 is 45.8 Å². The number of carbonyl (C=O) groups excluding carboxylic acids is 1. The zero-order valence-electron chi connectivity index (χ0n) is 17.3. The Morgan fingerprint density at radius 1 is 0.969 bits per heavy atom. The molecule has 1 atom stereocenters. The lowest BCUT2D eigenvalue weighted by atomic mass is 10.1. The van der Waals surface area contributed by atoms with Gasteiger partial charge in [-0.05, 0) is 56.3 Å². The molecule has 4 rings (SSSR count). The topological polar surface area (TPSA) is 68.5 Å². The molecule has 1 N–H and O–H groups in total. The summed E-state index contributed by atoms with van der Waals surface area (Å²) in [5, 5.41) is 3.97. The Bertz CT molecular complexity index is 1350. The van der Waals surface area contributed by atoms with E-state index in [1.807, 2.05) is 31.2 Å². The van der Waals surface area contributed by atoms with Gasteiger partial charge in [0.1, 0.15) is 5.58 Å². The van der Waals surface area contributed by atoms with Crippen LogP contribution in [-0.4, -0.2) is 12.0 Å². The van der Waals surface area contributed by atoms with Crippen molar-refractivity contribution in [2.45, 2.75) is 20.0 Å². The first-order valence-electron chi connectivity index (χ1n) is 9.88. The van der Waals surface area contributed by atoms with E-state index >= 15 is 0 Å². The molecule has 0 saturated carbocycles. The molecule has 32 heavy (non-hydrogen) atoms. The van der Waals surface area contributed by atoms with E-state index in [9.17, 15) is 9.59 Å². The number of fused-ring (bicyclic) bond motifs is 1. The summed E-state index contributed by atoms with van der Waals surface area (Å²) >= 11 is 12.0. The van der Waals surface area contributed by atoms with Crippen molar-refractivity contribution in [1.82, 2.24) is 0 Å². The number of hydrogen-bond acceptors (Lipinski definition) is 4. The lowest BCUT2D eigenvalue weighted by Crippen LogP contribution is -2.31. The number of halogens is 2. The van der Waals surface area contributed by atoms with Gasteiger partial charge in [0, 0.05) is 21.3 Å². The number of anilines is 1. The molecule has 1 heterocycles. The molecule has 5 nitrogen and oxygen atoms in total. The van der Waals surface area contributed by atoms with E-state index in [0.29, 0.717) is 26.9 Å². The molecular formula is C25H19Cl2NO4. The third kappa shape index (κ3) is 4.64. The maximum atomic E-state index is 13.3. The molecule has 0 fully saturated rings. The summed E-state index contributed by atoms with van der Waals surface area (Å²) in [4.78, 5) is 26.0. The van der Waals surface area contributed by atoms with E-state index < -0.39 is 17.4 Å². The number of ether oxygens (including phenoxy) is 1. The van der Waals surface area contributed by atoms with Crippen LogP contribution in [0.25, 0.3) is 22.3 Å². The maximum absolute atomic E-state index is 13.3. The Balaban J connectivity index is 1.73. The van der Waals surface area contributed by atoms with Crippen LogP contribution < -0.4 is 15.5 Å². The summed E-state index contributed by atoms with van der Waals surface area (Å²) in [6.45, 7) is 3.52. The van der Waals surface area contributed by atoms with Crippen LogP contribution in [-0.2, 0) is 4.79 Å². The largest absolute Gasteiger partial charge is 0.473 e. The molecule has 0 bridgehead atoms. The molecule has 0 unspecified atom stereocenters. The smallest absolute Gasteiger partial charge is 0.265 e. The molecule has 162 valence electrons. The van der Waals surface area contributed by atoms with Crippen molar-refractivity contribution in [2.24, 2.45) is 0 Å². The monoisotopic (exact) mass is 467 g/mol. The van der Waals surface area contributed by atoms with Gasteiger partial charge < -0.3 is 14.5 Å². The fourth-order valence-corrected chi connectivity index (χ4v) is 3.46. The highest BCUT2D eigenvalue weighted by Crippen LogP contribution is 2.32. The number of hydrogen-bond donors (Lipinski definition) is 1. The van der Waals surface area contributed by atoms with Gasteiger partial charge >= 0.3 is 0 Å². The molecule has 0 aliphatic rings. The summed E-state index contributed by atoms with van der Waals surface area (Å²) in [5.41, 5.74) is 2.24. The molecule has 0 saturated heterocycles. The summed E-state index contributed by atoms with van der Waals surface area (Å²) in [5.74, 6) is -0.230. The Morgan fingerprint density at radius 2 is 1.62 bits per heavy atom. The number of amides is 1. The Kier molecular flexibility index (Phi) is 6.21. The summed E-state index contributed by atoms with van der Waals surface area (Å²) < 4.78 is 11.9. The van der Waals surface area contributed by atoms with Crippen molar-refractivity contribution in [3.05, 3.63) is 92.6 Å². The van der Waals surface area contributed by atoms with Crippen LogP contribution in [0.4, 0.5) is 5.69 Å². The average molecular weight is 468 g/mol. The van der Waals surface area contributed by atoms with Gasteiger partial charge in [0.15, 0.2) is 11.9 Å². The van der Waals surface area contributed by atoms with Crippen LogP contribution in [0.5, 0.6) is 5.75 Å². The number of benzene rings is 3. The summed E-state index contributed by atoms with van der Waals surface area (Å²) in [6.07, 6.45) is -0.977. The SMILES string of the molecule is Cc1ccc(-c2oc3ccc(Cl)cc3c(=O)c2O[C@@H](C)C(=O)Nc2ccc(Cl)cc2)cc1. The van der Waals surface area contributed by atoms with Crippen LogP contribution in [0.15, 0.2) is 75.9 Å². The van der Waals surface area contributed by atoms with Gasteiger partial charge in [-0.1, -0.05) is 53.0 Å². The molecule has 7 heteroatoms. The minimum atomic E-state index is -0.977. The van der Waals surface area contributed by atoms with E-state index in [1.54, 1.807) is 43.3 Å². The van der Waals surface area contributed by atoms with Crippen LogP contribution in [0.2, 0.25) is 10.0 Å². The minimum absolute atomic E-state index is 0.0534. The molecule has 0 spiro atoms. The van der Waals surface area contributed by atoms with Crippen LogP contribution in [0.1, 0.15) is 12.5 Å². The van der Waals surface area contributed by atoms with Gasteiger partial charge in [0.25, 0.3) is 5.91 Å². The first-order valence-corrected chi connectivity index (χ1v) is 10.6. The summed E-state index contributed by atoms with van der Waals surface area (Å²) in [7, 11) is 0. The van der Waals surface area contributed by atoms with Gasteiger partial charge in [0.2, 0.25) is 11.2 Å². The van der Waals surface area contributed by atoms with Crippen LogP contribution >= 0.6 is 23.2 Å². The van der Waals surface area contributed by atoms with Crippen LogP contribution in [0.3, 0.4) is 0 Å². The standard InChI is InChI=1S/C25H19Cl2NO4/c1-14-3-5-16(6-4-14)23-24(22(29)20-13-18(27)9-12-21(20)32-23)31-15(2)25(30)28-19-10-7-17(26)8-11-19/h3-13,15H,1-2H3,(H,28,30)/t15-/m0/s1. The highest BCUT2D eigenvalue weighted by Gasteiger charge is 2.23. The van der Waals surface area contributed by atoms with Crippen LogP contribution in [0, 0.1) is 6.92 Å². The second-order valence-electron chi connectivity index (χ2n) is 7.35. The zero-order chi connectivity index (χ0) is 22.8. The Labute approximate surface area is 194 Å². The zero-order valence-corrected chi connectivity index (χ0v) is 18.8. The van der Waals surface area contributed by atoms with Gasteiger partial charge in [0.05, 0.1) is 5.39 Å². The molecule has 3 aromatic carbocycles. The third-order valence-corrected chi connectivity index (χ3v) is 5.39. The second-order valence-corrected chi connectivity index (χ2v) is 8.23. The molecular weight excluding hydrogens is 449 g/mol. The molecule has 1 aromatic heterocycles. The molecule has 1 amide bonds. The maximum Gasteiger partial charge on any atom is 0.265 e. The third-order valence-electron chi connectivity index (χ3n) is 4.90. The number of rotatable bonds is 5.